The van der Waals surface area contributed by atoms with Crippen LogP contribution in [0.3, 0.4) is 0 Å². The van der Waals surface area contributed by atoms with Crippen molar-refractivity contribution in [1.82, 2.24) is 14.3 Å². The highest BCUT2D eigenvalue weighted by molar-refractivity contribution is 7.87. The molecule has 1 aliphatic heterocycles. The standard InChI is InChI=1S/C10H23N3O2S/c1-10-5-3-8-13(9-10)16(14,15)12-7-4-6-11-2/h10-12H,3-9H2,1-2H3. The van der Waals surface area contributed by atoms with Gasteiger partial charge in [-0.25, -0.2) is 4.72 Å². The molecular formula is C10H23N3O2S. The quantitative estimate of drug-likeness (QED) is 0.659. The zero-order valence-electron chi connectivity index (χ0n) is 10.2. The van der Waals surface area contributed by atoms with Crippen molar-refractivity contribution in [3.05, 3.63) is 0 Å². The second-order valence-electron chi connectivity index (χ2n) is 4.46. The van der Waals surface area contributed by atoms with E-state index in [1.54, 1.807) is 4.31 Å². The van der Waals surface area contributed by atoms with Gasteiger partial charge in [0.2, 0.25) is 0 Å². The van der Waals surface area contributed by atoms with Crippen LogP contribution in [0.25, 0.3) is 0 Å². The molecule has 0 bridgehead atoms. The van der Waals surface area contributed by atoms with E-state index in [1.165, 1.54) is 0 Å². The molecular weight excluding hydrogens is 226 g/mol. The van der Waals surface area contributed by atoms with Gasteiger partial charge < -0.3 is 5.32 Å². The molecule has 16 heavy (non-hydrogen) atoms. The summed E-state index contributed by atoms with van der Waals surface area (Å²) in [5.74, 6) is 0.475. The van der Waals surface area contributed by atoms with Gasteiger partial charge in [0.15, 0.2) is 0 Å². The normalized spacial score (nSPS) is 23.5. The molecule has 1 saturated heterocycles. The Labute approximate surface area is 98.8 Å². The Balaban J connectivity index is 2.37. The molecule has 5 nitrogen and oxygen atoms in total. The lowest BCUT2D eigenvalue weighted by Crippen LogP contribution is -2.45. The number of hydrogen-bond donors (Lipinski definition) is 2. The van der Waals surface area contributed by atoms with Crippen molar-refractivity contribution in [2.24, 2.45) is 5.92 Å². The van der Waals surface area contributed by atoms with E-state index in [0.29, 0.717) is 25.6 Å². The molecule has 0 aromatic rings. The molecule has 2 N–H and O–H groups in total. The largest absolute Gasteiger partial charge is 0.320 e. The van der Waals surface area contributed by atoms with Gasteiger partial charge in [0.25, 0.3) is 10.2 Å². The highest BCUT2D eigenvalue weighted by Gasteiger charge is 2.26. The van der Waals surface area contributed by atoms with Crippen LogP contribution in [0.1, 0.15) is 26.2 Å². The van der Waals surface area contributed by atoms with Crippen molar-refractivity contribution < 1.29 is 8.42 Å². The molecule has 1 rings (SSSR count). The van der Waals surface area contributed by atoms with Crippen molar-refractivity contribution >= 4 is 10.2 Å². The van der Waals surface area contributed by atoms with E-state index in [4.69, 9.17) is 0 Å². The summed E-state index contributed by atoms with van der Waals surface area (Å²) in [6, 6.07) is 0. The van der Waals surface area contributed by atoms with Crippen LogP contribution in [-0.2, 0) is 10.2 Å². The fourth-order valence-electron chi connectivity index (χ4n) is 1.92. The monoisotopic (exact) mass is 249 g/mol. The minimum atomic E-state index is -3.24. The van der Waals surface area contributed by atoms with E-state index in [0.717, 1.165) is 25.8 Å². The van der Waals surface area contributed by atoms with Gasteiger partial charge in [-0.15, -0.1) is 0 Å². The summed E-state index contributed by atoms with van der Waals surface area (Å²) in [4.78, 5) is 0. The third-order valence-corrected chi connectivity index (χ3v) is 4.43. The Morgan fingerprint density at radius 1 is 1.38 bits per heavy atom. The average molecular weight is 249 g/mol. The number of nitrogens with zero attached hydrogens (tertiary/aromatic N) is 1. The lowest BCUT2D eigenvalue weighted by molar-refractivity contribution is 0.278. The van der Waals surface area contributed by atoms with Gasteiger partial charge in [0.05, 0.1) is 0 Å². The Morgan fingerprint density at radius 2 is 2.12 bits per heavy atom. The number of piperidine rings is 1. The molecule has 1 aliphatic rings. The van der Waals surface area contributed by atoms with Crippen LogP contribution >= 0.6 is 0 Å². The third-order valence-electron chi connectivity index (χ3n) is 2.85. The van der Waals surface area contributed by atoms with E-state index in [2.05, 4.69) is 17.0 Å². The Kier molecular flexibility index (Phi) is 5.68. The van der Waals surface area contributed by atoms with Crippen LogP contribution in [0.4, 0.5) is 0 Å². The van der Waals surface area contributed by atoms with Crippen LogP contribution in [0.2, 0.25) is 0 Å². The zero-order chi connectivity index (χ0) is 12.0. The van der Waals surface area contributed by atoms with Crippen LogP contribution in [0.5, 0.6) is 0 Å². The van der Waals surface area contributed by atoms with Gasteiger partial charge in [0.1, 0.15) is 0 Å². The highest BCUT2D eigenvalue weighted by atomic mass is 32.2. The van der Waals surface area contributed by atoms with Crippen molar-refractivity contribution in [2.75, 3.05) is 33.2 Å². The molecule has 1 atom stereocenters. The molecule has 1 fully saturated rings. The molecule has 96 valence electrons. The third kappa shape index (κ3) is 4.37. The van der Waals surface area contributed by atoms with Crippen LogP contribution in [0, 0.1) is 5.92 Å². The maximum atomic E-state index is 11.9. The fourth-order valence-corrected chi connectivity index (χ4v) is 3.33. The smallest absolute Gasteiger partial charge is 0.279 e. The Hall–Kier alpha value is -0.170. The lowest BCUT2D eigenvalue weighted by Gasteiger charge is -2.29. The van der Waals surface area contributed by atoms with E-state index >= 15 is 0 Å². The summed E-state index contributed by atoms with van der Waals surface area (Å²) < 4.78 is 28.0. The summed E-state index contributed by atoms with van der Waals surface area (Å²) in [5, 5.41) is 2.99. The molecule has 0 aromatic heterocycles. The van der Waals surface area contributed by atoms with E-state index < -0.39 is 10.2 Å². The zero-order valence-corrected chi connectivity index (χ0v) is 11.0. The van der Waals surface area contributed by atoms with E-state index in [1.807, 2.05) is 7.05 Å². The summed E-state index contributed by atoms with van der Waals surface area (Å²) in [7, 11) is -1.38. The maximum Gasteiger partial charge on any atom is 0.279 e. The molecule has 0 spiro atoms. The molecule has 0 aromatic carbocycles. The van der Waals surface area contributed by atoms with Crippen molar-refractivity contribution in [2.45, 2.75) is 26.2 Å². The van der Waals surface area contributed by atoms with Crippen molar-refractivity contribution in [3.8, 4) is 0 Å². The SMILES string of the molecule is CNCCCNS(=O)(=O)N1CCCC(C)C1. The topological polar surface area (TPSA) is 61.4 Å². The molecule has 6 heteroatoms. The van der Waals surface area contributed by atoms with E-state index in [-0.39, 0.29) is 0 Å². The van der Waals surface area contributed by atoms with Gasteiger partial charge in [-0.05, 0) is 38.8 Å². The highest BCUT2D eigenvalue weighted by Crippen LogP contribution is 2.17. The molecule has 1 heterocycles. The molecule has 0 saturated carbocycles. The molecule has 0 aliphatic carbocycles. The average Bonchev–Trinajstić information content (AvgIpc) is 2.24. The Bertz CT molecular complexity index is 292. The van der Waals surface area contributed by atoms with Crippen molar-refractivity contribution in [1.29, 1.82) is 0 Å². The summed E-state index contributed by atoms with van der Waals surface area (Å²) in [6.45, 7) is 4.75. The van der Waals surface area contributed by atoms with Gasteiger partial charge in [-0.2, -0.15) is 12.7 Å². The number of hydrogen-bond acceptors (Lipinski definition) is 3. The fraction of sp³-hybridized carbons (Fsp3) is 1.00. The van der Waals surface area contributed by atoms with Gasteiger partial charge in [0, 0.05) is 19.6 Å². The van der Waals surface area contributed by atoms with Gasteiger partial charge >= 0.3 is 0 Å². The molecule has 0 radical (unpaired) electrons. The van der Waals surface area contributed by atoms with Crippen molar-refractivity contribution in [3.63, 3.8) is 0 Å². The summed E-state index contributed by atoms with van der Waals surface area (Å²) in [6.07, 6.45) is 2.92. The summed E-state index contributed by atoms with van der Waals surface area (Å²) in [5.41, 5.74) is 0. The summed E-state index contributed by atoms with van der Waals surface area (Å²) >= 11 is 0. The number of nitrogens with one attached hydrogen (secondary N) is 2. The predicted molar refractivity (Wildman–Crippen MR) is 65.4 cm³/mol. The number of rotatable bonds is 6. The second-order valence-corrected chi connectivity index (χ2v) is 6.22. The van der Waals surface area contributed by atoms with Crippen LogP contribution in [-0.4, -0.2) is 45.9 Å². The second kappa shape index (κ2) is 6.54. The minimum absolute atomic E-state index is 0.475. The first-order valence-corrected chi connectivity index (χ1v) is 7.39. The van der Waals surface area contributed by atoms with Crippen LogP contribution < -0.4 is 10.0 Å². The minimum Gasteiger partial charge on any atom is -0.320 e. The van der Waals surface area contributed by atoms with E-state index in [9.17, 15) is 8.42 Å². The molecule has 0 amide bonds. The lowest BCUT2D eigenvalue weighted by atomic mass is 10.0. The first-order chi connectivity index (χ1) is 7.56. The predicted octanol–water partition coefficient (Wildman–Crippen LogP) is 0.162. The first-order valence-electron chi connectivity index (χ1n) is 5.95. The molecule has 1 unspecified atom stereocenters. The first kappa shape index (κ1) is 13.9. The Morgan fingerprint density at radius 3 is 2.75 bits per heavy atom. The van der Waals surface area contributed by atoms with Gasteiger partial charge in [-0.1, -0.05) is 6.92 Å². The maximum absolute atomic E-state index is 11.9. The van der Waals surface area contributed by atoms with Crippen LogP contribution in [0.15, 0.2) is 0 Å². The van der Waals surface area contributed by atoms with Gasteiger partial charge in [-0.3, -0.25) is 0 Å².